The summed E-state index contributed by atoms with van der Waals surface area (Å²) in [6.07, 6.45) is 4.01. The fourth-order valence-electron chi connectivity index (χ4n) is 2.17. The first kappa shape index (κ1) is 10.0. The van der Waals surface area contributed by atoms with Gasteiger partial charge in [0.25, 0.3) is 0 Å². The number of allylic oxidation sites excluding steroid dienone is 1. The Kier molecular flexibility index (Phi) is 1.98. The maximum Gasteiger partial charge on any atom is 0.182 e. The topological polar surface area (TPSA) is 34.1 Å². The van der Waals surface area contributed by atoms with Crippen LogP contribution < -0.4 is 0 Å². The number of halogens is 1. The molecule has 1 aromatic carbocycles. The molecular weight excluding hydrogens is 227 g/mol. The van der Waals surface area contributed by atoms with Gasteiger partial charge in [0, 0.05) is 0 Å². The van der Waals surface area contributed by atoms with Crippen molar-refractivity contribution in [3.05, 3.63) is 35.7 Å². The van der Waals surface area contributed by atoms with Crippen LogP contribution in [0.2, 0.25) is 0 Å². The lowest BCUT2D eigenvalue weighted by atomic mass is 10.0. The lowest BCUT2D eigenvalue weighted by Gasteiger charge is -2.17. The number of sulfone groups is 1. The quantitative estimate of drug-likeness (QED) is 0.753. The van der Waals surface area contributed by atoms with E-state index in [1.807, 2.05) is 0 Å². The predicted octanol–water partition coefficient (Wildman–Crippen LogP) is 2.41. The van der Waals surface area contributed by atoms with Crippen LogP contribution in [0.3, 0.4) is 0 Å². The molecule has 1 heterocycles. The summed E-state index contributed by atoms with van der Waals surface area (Å²) in [4.78, 5) is 0.164. The molecule has 4 heteroatoms. The second-order valence-corrected chi connectivity index (χ2v) is 6.36. The molecule has 0 unspecified atom stereocenters. The van der Waals surface area contributed by atoms with E-state index in [2.05, 4.69) is 0 Å². The zero-order chi connectivity index (χ0) is 11.3. The molecule has 16 heavy (non-hydrogen) atoms. The van der Waals surface area contributed by atoms with Gasteiger partial charge in [-0.2, -0.15) is 0 Å². The molecular formula is C12H11FO2S. The highest BCUT2D eigenvalue weighted by Crippen LogP contribution is 2.45. The Hall–Kier alpha value is -1.16. The molecule has 1 saturated carbocycles. The lowest BCUT2D eigenvalue weighted by molar-refractivity contribution is 0.592. The molecule has 3 rings (SSSR count). The van der Waals surface area contributed by atoms with Crippen LogP contribution in [0.15, 0.2) is 29.2 Å². The van der Waals surface area contributed by atoms with Gasteiger partial charge in [-0.15, -0.1) is 0 Å². The maximum atomic E-state index is 13.1. The Bertz CT molecular complexity index is 583. The molecule has 1 aromatic rings. The molecule has 0 amide bonds. The lowest BCUT2D eigenvalue weighted by Crippen LogP contribution is -2.14. The van der Waals surface area contributed by atoms with Crippen LogP contribution in [-0.4, -0.2) is 14.2 Å². The van der Waals surface area contributed by atoms with Gasteiger partial charge in [0.2, 0.25) is 0 Å². The van der Waals surface area contributed by atoms with Crippen LogP contribution >= 0.6 is 0 Å². The summed E-state index contributed by atoms with van der Waals surface area (Å²) in [5.74, 6) is 0.00836. The molecule has 0 radical (unpaired) electrons. The van der Waals surface area contributed by atoms with Crippen molar-refractivity contribution >= 4 is 15.4 Å². The molecule has 0 bridgehead atoms. The van der Waals surface area contributed by atoms with Gasteiger partial charge in [-0.05, 0) is 42.0 Å². The van der Waals surface area contributed by atoms with E-state index in [9.17, 15) is 12.8 Å². The molecule has 0 atom stereocenters. The van der Waals surface area contributed by atoms with Crippen molar-refractivity contribution in [1.29, 1.82) is 0 Å². The van der Waals surface area contributed by atoms with Crippen molar-refractivity contribution in [3.63, 3.8) is 0 Å². The van der Waals surface area contributed by atoms with Gasteiger partial charge >= 0.3 is 0 Å². The highest BCUT2D eigenvalue weighted by Gasteiger charge is 2.33. The summed E-state index contributed by atoms with van der Waals surface area (Å²) in [5, 5.41) is 0. The molecule has 0 spiro atoms. The molecule has 2 aliphatic rings. The van der Waals surface area contributed by atoms with Crippen LogP contribution in [-0.2, 0) is 9.84 Å². The van der Waals surface area contributed by atoms with E-state index in [0.29, 0.717) is 11.5 Å². The van der Waals surface area contributed by atoms with E-state index < -0.39 is 15.7 Å². The van der Waals surface area contributed by atoms with Gasteiger partial charge in [0.1, 0.15) is 5.82 Å². The Labute approximate surface area is 93.7 Å². The van der Waals surface area contributed by atoms with E-state index in [-0.39, 0.29) is 10.6 Å². The van der Waals surface area contributed by atoms with Gasteiger partial charge in [0.05, 0.1) is 10.6 Å². The van der Waals surface area contributed by atoms with Crippen molar-refractivity contribution in [3.8, 4) is 0 Å². The third kappa shape index (κ3) is 1.48. The van der Waals surface area contributed by atoms with Crippen molar-refractivity contribution in [1.82, 2.24) is 0 Å². The highest BCUT2D eigenvalue weighted by atomic mass is 32.2. The average molecular weight is 238 g/mol. The molecule has 0 saturated heterocycles. The smallest absolute Gasteiger partial charge is 0.182 e. The second-order valence-electron chi connectivity index (χ2n) is 4.36. The minimum atomic E-state index is -3.32. The molecule has 1 aliphatic heterocycles. The SMILES string of the molecule is O=S1(=O)CC=C(C2CC2)c2ccc(F)cc21. The number of fused-ring (bicyclic) bond motifs is 1. The summed E-state index contributed by atoms with van der Waals surface area (Å²) < 4.78 is 36.7. The molecule has 0 aromatic heterocycles. The zero-order valence-electron chi connectivity index (χ0n) is 8.61. The van der Waals surface area contributed by atoms with Crippen LogP contribution in [0.1, 0.15) is 18.4 Å². The monoisotopic (exact) mass is 238 g/mol. The molecule has 1 fully saturated rings. The molecule has 0 N–H and O–H groups in total. The van der Waals surface area contributed by atoms with Crippen LogP contribution in [0.25, 0.3) is 5.57 Å². The minimum absolute atomic E-state index is 0.00921. The number of benzene rings is 1. The number of hydrogen-bond donors (Lipinski definition) is 0. The molecule has 2 nitrogen and oxygen atoms in total. The van der Waals surface area contributed by atoms with E-state index >= 15 is 0 Å². The van der Waals surface area contributed by atoms with Gasteiger partial charge in [-0.3, -0.25) is 0 Å². The fraction of sp³-hybridized carbons (Fsp3) is 0.333. The van der Waals surface area contributed by atoms with Gasteiger partial charge in [0.15, 0.2) is 9.84 Å². The average Bonchev–Trinajstić information content (AvgIpc) is 3.03. The maximum absolute atomic E-state index is 13.1. The first-order valence-electron chi connectivity index (χ1n) is 5.31. The van der Waals surface area contributed by atoms with Crippen LogP contribution in [0.4, 0.5) is 4.39 Å². The van der Waals surface area contributed by atoms with Gasteiger partial charge < -0.3 is 0 Å². The summed E-state index contributed by atoms with van der Waals surface area (Å²) in [5.41, 5.74) is 1.79. The summed E-state index contributed by atoms with van der Waals surface area (Å²) in [6.45, 7) is 0. The van der Waals surface area contributed by atoms with Gasteiger partial charge in [-0.25, -0.2) is 12.8 Å². The number of hydrogen-bond acceptors (Lipinski definition) is 2. The Morgan fingerprint density at radius 3 is 2.69 bits per heavy atom. The van der Waals surface area contributed by atoms with Crippen molar-refractivity contribution < 1.29 is 12.8 Å². The Morgan fingerprint density at radius 1 is 1.25 bits per heavy atom. The van der Waals surface area contributed by atoms with Crippen molar-refractivity contribution in [2.75, 3.05) is 5.75 Å². The molecule has 84 valence electrons. The second kappa shape index (κ2) is 3.17. The third-order valence-electron chi connectivity index (χ3n) is 3.13. The van der Waals surface area contributed by atoms with Crippen LogP contribution in [0, 0.1) is 11.7 Å². The summed E-state index contributed by atoms with van der Waals surface area (Å²) in [6, 6.07) is 4.06. The summed E-state index contributed by atoms with van der Waals surface area (Å²) in [7, 11) is -3.32. The highest BCUT2D eigenvalue weighted by molar-refractivity contribution is 7.91. The Morgan fingerprint density at radius 2 is 2.00 bits per heavy atom. The van der Waals surface area contributed by atoms with Crippen LogP contribution in [0.5, 0.6) is 0 Å². The van der Waals surface area contributed by atoms with Gasteiger partial charge in [-0.1, -0.05) is 12.1 Å². The normalized spacial score (nSPS) is 22.4. The third-order valence-corrected chi connectivity index (χ3v) is 4.74. The van der Waals surface area contributed by atoms with Crippen molar-refractivity contribution in [2.45, 2.75) is 17.7 Å². The predicted molar refractivity (Wildman–Crippen MR) is 59.2 cm³/mol. The minimum Gasteiger partial charge on any atom is -0.223 e. The first-order chi connectivity index (χ1) is 7.58. The first-order valence-corrected chi connectivity index (χ1v) is 6.96. The van der Waals surface area contributed by atoms with E-state index in [4.69, 9.17) is 0 Å². The van der Waals surface area contributed by atoms with E-state index in [1.165, 1.54) is 6.07 Å². The fourth-order valence-corrected chi connectivity index (χ4v) is 3.56. The standard InChI is InChI=1S/C12H11FO2S/c13-9-3-4-11-10(8-1-2-8)5-6-16(14,15)12(11)7-9/h3-5,7-8H,1-2,6H2. The Balaban J connectivity index is 2.24. The molecule has 1 aliphatic carbocycles. The van der Waals surface area contributed by atoms with E-state index in [1.54, 1.807) is 12.1 Å². The summed E-state index contributed by atoms with van der Waals surface area (Å²) >= 11 is 0. The number of rotatable bonds is 1. The largest absolute Gasteiger partial charge is 0.223 e. The van der Waals surface area contributed by atoms with E-state index in [0.717, 1.165) is 24.5 Å². The van der Waals surface area contributed by atoms with Crippen molar-refractivity contribution in [2.24, 2.45) is 5.92 Å². The zero-order valence-corrected chi connectivity index (χ0v) is 9.43.